The molecule has 0 N–H and O–H groups in total. The fraction of sp³-hybridized carbons (Fsp3) is 0.133. The summed E-state index contributed by atoms with van der Waals surface area (Å²) in [7, 11) is 0. The van der Waals surface area contributed by atoms with Gasteiger partial charge in [-0.05, 0) is 58.2 Å². The first kappa shape index (κ1) is 12.7. The molecule has 0 spiro atoms. The SMILES string of the molecule is CCc1cccc(Oc2ccc(C#N)cc2Br)c1. The summed E-state index contributed by atoms with van der Waals surface area (Å²) >= 11 is 3.40. The first-order chi connectivity index (χ1) is 8.72. The Hall–Kier alpha value is -1.79. The number of benzene rings is 2. The van der Waals surface area contributed by atoms with E-state index in [1.807, 2.05) is 18.2 Å². The van der Waals surface area contributed by atoms with Gasteiger partial charge in [-0.2, -0.15) is 5.26 Å². The smallest absolute Gasteiger partial charge is 0.141 e. The Bertz CT molecular complexity index is 602. The Morgan fingerprint density at radius 1 is 1.22 bits per heavy atom. The molecular weight excluding hydrogens is 290 g/mol. The molecule has 0 heterocycles. The van der Waals surface area contributed by atoms with Crippen molar-refractivity contribution in [2.45, 2.75) is 13.3 Å². The molecular formula is C15H12BrNO. The van der Waals surface area contributed by atoms with Crippen molar-refractivity contribution in [2.24, 2.45) is 0 Å². The third-order valence-electron chi connectivity index (χ3n) is 2.60. The van der Waals surface area contributed by atoms with Crippen LogP contribution in [0.4, 0.5) is 0 Å². The summed E-state index contributed by atoms with van der Waals surface area (Å²) in [5.41, 5.74) is 1.84. The van der Waals surface area contributed by atoms with E-state index in [4.69, 9.17) is 10.00 Å². The van der Waals surface area contributed by atoms with Gasteiger partial charge in [0, 0.05) is 0 Å². The van der Waals surface area contributed by atoms with Crippen LogP contribution in [0.3, 0.4) is 0 Å². The van der Waals surface area contributed by atoms with Crippen LogP contribution in [0.2, 0.25) is 0 Å². The second-order valence-electron chi connectivity index (χ2n) is 3.86. The van der Waals surface area contributed by atoms with Gasteiger partial charge in [0.05, 0.1) is 16.1 Å². The number of halogens is 1. The molecule has 0 bridgehead atoms. The highest BCUT2D eigenvalue weighted by atomic mass is 79.9. The lowest BCUT2D eigenvalue weighted by molar-refractivity contribution is 0.479. The van der Waals surface area contributed by atoms with Crippen LogP contribution in [0.15, 0.2) is 46.9 Å². The van der Waals surface area contributed by atoms with Gasteiger partial charge in [-0.1, -0.05) is 19.1 Å². The molecule has 0 saturated heterocycles. The largest absolute Gasteiger partial charge is 0.456 e. The van der Waals surface area contributed by atoms with Gasteiger partial charge in [0.2, 0.25) is 0 Å². The molecule has 90 valence electrons. The molecule has 2 rings (SSSR count). The number of hydrogen-bond donors (Lipinski definition) is 0. The monoisotopic (exact) mass is 301 g/mol. The van der Waals surface area contributed by atoms with Crippen LogP contribution in [-0.2, 0) is 6.42 Å². The molecule has 0 saturated carbocycles. The van der Waals surface area contributed by atoms with Gasteiger partial charge in [-0.3, -0.25) is 0 Å². The summed E-state index contributed by atoms with van der Waals surface area (Å²) in [4.78, 5) is 0. The topological polar surface area (TPSA) is 33.0 Å². The van der Waals surface area contributed by atoms with Crippen molar-refractivity contribution >= 4 is 15.9 Å². The van der Waals surface area contributed by atoms with Crippen LogP contribution in [0.1, 0.15) is 18.1 Å². The van der Waals surface area contributed by atoms with E-state index in [1.54, 1.807) is 18.2 Å². The minimum absolute atomic E-state index is 0.608. The molecule has 2 aromatic carbocycles. The van der Waals surface area contributed by atoms with Crippen molar-refractivity contribution in [1.29, 1.82) is 5.26 Å². The van der Waals surface area contributed by atoms with Gasteiger partial charge >= 0.3 is 0 Å². The van der Waals surface area contributed by atoms with E-state index in [0.29, 0.717) is 11.3 Å². The zero-order valence-corrected chi connectivity index (χ0v) is 11.6. The molecule has 0 unspecified atom stereocenters. The van der Waals surface area contributed by atoms with Crippen LogP contribution in [0, 0.1) is 11.3 Å². The maximum absolute atomic E-state index is 8.80. The first-order valence-corrected chi connectivity index (χ1v) is 6.48. The Balaban J connectivity index is 2.26. The summed E-state index contributed by atoms with van der Waals surface area (Å²) in [5.74, 6) is 1.52. The van der Waals surface area contributed by atoms with E-state index in [1.165, 1.54) is 5.56 Å². The molecule has 2 nitrogen and oxygen atoms in total. The number of nitriles is 1. The molecule has 18 heavy (non-hydrogen) atoms. The lowest BCUT2D eigenvalue weighted by Crippen LogP contribution is -1.88. The molecule has 0 aromatic heterocycles. The fourth-order valence-electron chi connectivity index (χ4n) is 1.61. The van der Waals surface area contributed by atoms with Gasteiger partial charge < -0.3 is 4.74 Å². The van der Waals surface area contributed by atoms with Crippen molar-refractivity contribution < 1.29 is 4.74 Å². The molecule has 0 aliphatic rings. The highest BCUT2D eigenvalue weighted by molar-refractivity contribution is 9.10. The number of aryl methyl sites for hydroxylation is 1. The van der Waals surface area contributed by atoms with Crippen LogP contribution >= 0.6 is 15.9 Å². The Labute approximate surface area is 115 Å². The van der Waals surface area contributed by atoms with E-state index < -0.39 is 0 Å². The fourth-order valence-corrected chi connectivity index (χ4v) is 2.07. The lowest BCUT2D eigenvalue weighted by Gasteiger charge is -2.08. The standard InChI is InChI=1S/C15H12BrNO/c1-2-11-4-3-5-13(8-11)18-15-7-6-12(10-17)9-14(15)16/h3-9H,2H2,1H3. The Morgan fingerprint density at radius 3 is 2.72 bits per heavy atom. The van der Waals surface area contributed by atoms with Gasteiger partial charge in [0.1, 0.15) is 11.5 Å². The molecule has 0 fully saturated rings. The van der Waals surface area contributed by atoms with E-state index in [0.717, 1.165) is 16.6 Å². The maximum Gasteiger partial charge on any atom is 0.141 e. The lowest BCUT2D eigenvalue weighted by atomic mass is 10.2. The van der Waals surface area contributed by atoms with Crippen molar-refractivity contribution in [3.8, 4) is 17.6 Å². The van der Waals surface area contributed by atoms with Crippen molar-refractivity contribution in [3.05, 3.63) is 58.1 Å². The summed E-state index contributed by atoms with van der Waals surface area (Å²) in [6.07, 6.45) is 0.978. The zero-order valence-electron chi connectivity index (χ0n) is 9.98. The zero-order chi connectivity index (χ0) is 13.0. The van der Waals surface area contributed by atoms with Crippen LogP contribution < -0.4 is 4.74 Å². The third kappa shape index (κ3) is 2.91. The van der Waals surface area contributed by atoms with E-state index >= 15 is 0 Å². The molecule has 0 amide bonds. The average Bonchev–Trinajstić information content (AvgIpc) is 2.41. The van der Waals surface area contributed by atoms with Crippen LogP contribution in [-0.4, -0.2) is 0 Å². The summed E-state index contributed by atoms with van der Waals surface area (Å²) in [6, 6.07) is 15.4. The second-order valence-corrected chi connectivity index (χ2v) is 4.71. The maximum atomic E-state index is 8.80. The number of rotatable bonds is 3. The molecule has 3 heteroatoms. The summed E-state index contributed by atoms with van der Waals surface area (Å²) < 4.78 is 6.58. The quantitative estimate of drug-likeness (QED) is 0.825. The Kier molecular flexibility index (Phi) is 4.01. The molecule has 0 aliphatic carbocycles. The van der Waals surface area contributed by atoms with Crippen molar-refractivity contribution in [1.82, 2.24) is 0 Å². The minimum Gasteiger partial charge on any atom is -0.456 e. The van der Waals surface area contributed by atoms with E-state index in [9.17, 15) is 0 Å². The van der Waals surface area contributed by atoms with Gasteiger partial charge in [0.25, 0.3) is 0 Å². The minimum atomic E-state index is 0.608. The molecule has 0 radical (unpaired) electrons. The normalized spacial score (nSPS) is 9.83. The van der Waals surface area contributed by atoms with Gasteiger partial charge in [-0.25, -0.2) is 0 Å². The van der Waals surface area contributed by atoms with Crippen molar-refractivity contribution in [3.63, 3.8) is 0 Å². The van der Waals surface area contributed by atoms with Crippen LogP contribution in [0.25, 0.3) is 0 Å². The van der Waals surface area contributed by atoms with Gasteiger partial charge in [-0.15, -0.1) is 0 Å². The van der Waals surface area contributed by atoms with E-state index in [-0.39, 0.29) is 0 Å². The third-order valence-corrected chi connectivity index (χ3v) is 3.22. The van der Waals surface area contributed by atoms with Crippen molar-refractivity contribution in [2.75, 3.05) is 0 Å². The van der Waals surface area contributed by atoms with E-state index in [2.05, 4.69) is 35.0 Å². The molecule has 0 aliphatic heterocycles. The Morgan fingerprint density at radius 2 is 2.06 bits per heavy atom. The highest BCUT2D eigenvalue weighted by Gasteiger charge is 2.04. The van der Waals surface area contributed by atoms with Gasteiger partial charge in [0.15, 0.2) is 0 Å². The molecule has 2 aromatic rings. The number of nitrogens with zero attached hydrogens (tertiary/aromatic N) is 1. The predicted molar refractivity (Wildman–Crippen MR) is 74.8 cm³/mol. The number of ether oxygens (including phenoxy) is 1. The molecule has 0 atom stereocenters. The highest BCUT2D eigenvalue weighted by Crippen LogP contribution is 2.30. The number of hydrogen-bond acceptors (Lipinski definition) is 2. The average molecular weight is 302 g/mol. The predicted octanol–water partition coefficient (Wildman–Crippen LogP) is 4.68. The summed E-state index contributed by atoms with van der Waals surface area (Å²) in [6.45, 7) is 2.11. The first-order valence-electron chi connectivity index (χ1n) is 5.69. The van der Waals surface area contributed by atoms with Crippen LogP contribution in [0.5, 0.6) is 11.5 Å². The second kappa shape index (κ2) is 5.70. The summed E-state index contributed by atoms with van der Waals surface area (Å²) in [5, 5.41) is 8.80.